The van der Waals surface area contributed by atoms with E-state index in [0.29, 0.717) is 35.5 Å². The largest absolute Gasteiger partial charge is 0.481 e. The Morgan fingerprint density at radius 2 is 1.68 bits per heavy atom. The van der Waals surface area contributed by atoms with Crippen LogP contribution in [0.15, 0.2) is 0 Å². The van der Waals surface area contributed by atoms with Crippen LogP contribution in [-0.2, 0) is 4.79 Å². The van der Waals surface area contributed by atoms with Crippen LogP contribution >= 0.6 is 0 Å². The van der Waals surface area contributed by atoms with Crippen LogP contribution in [0.3, 0.4) is 0 Å². The quantitative estimate of drug-likeness (QED) is 0.659. The Bertz CT molecular complexity index is 605. The van der Waals surface area contributed by atoms with Crippen molar-refractivity contribution in [2.75, 3.05) is 0 Å². The molecule has 3 N–H and O–H groups in total. The van der Waals surface area contributed by atoms with Gasteiger partial charge in [-0.2, -0.15) is 0 Å². The summed E-state index contributed by atoms with van der Waals surface area (Å²) in [7, 11) is 0. The highest BCUT2D eigenvalue weighted by atomic mass is 16.4. The molecule has 0 saturated heterocycles. The van der Waals surface area contributed by atoms with Crippen molar-refractivity contribution < 1.29 is 20.1 Å². The minimum absolute atomic E-state index is 0.179. The van der Waals surface area contributed by atoms with E-state index in [1.165, 1.54) is 25.7 Å². The highest BCUT2D eigenvalue weighted by Gasteiger charge is 2.62. The molecular weight excluding hydrogens is 352 g/mol. The number of carbonyl (C=O) groups is 1. The Balaban J connectivity index is 1.55. The summed E-state index contributed by atoms with van der Waals surface area (Å²) in [4.78, 5) is 11.1. The van der Waals surface area contributed by atoms with Crippen molar-refractivity contribution in [3.63, 3.8) is 0 Å². The molecule has 0 bridgehead atoms. The Morgan fingerprint density at radius 1 is 1.00 bits per heavy atom. The number of fused-ring (bicyclic) bond motifs is 5. The number of aliphatic carboxylic acids is 1. The van der Waals surface area contributed by atoms with E-state index in [0.717, 1.165) is 32.1 Å². The maximum atomic E-state index is 11.2. The van der Waals surface area contributed by atoms with Gasteiger partial charge in [0.25, 0.3) is 0 Å². The highest BCUT2D eigenvalue weighted by molar-refractivity contribution is 5.66. The van der Waals surface area contributed by atoms with Crippen molar-refractivity contribution >= 4 is 5.97 Å². The van der Waals surface area contributed by atoms with Gasteiger partial charge in [-0.05, 0) is 104 Å². The fourth-order valence-corrected chi connectivity index (χ4v) is 8.73. The molecule has 0 aromatic heterocycles. The predicted molar refractivity (Wildman–Crippen MR) is 109 cm³/mol. The second-order valence-corrected chi connectivity index (χ2v) is 11.4. The topological polar surface area (TPSA) is 77.8 Å². The third-order valence-corrected chi connectivity index (χ3v) is 10.2. The zero-order chi connectivity index (χ0) is 20.3. The van der Waals surface area contributed by atoms with Crippen LogP contribution in [-0.4, -0.2) is 33.5 Å². The van der Waals surface area contributed by atoms with Crippen molar-refractivity contribution in [1.29, 1.82) is 0 Å². The summed E-state index contributed by atoms with van der Waals surface area (Å²) < 4.78 is 0. The van der Waals surface area contributed by atoms with E-state index in [4.69, 9.17) is 5.11 Å². The van der Waals surface area contributed by atoms with Crippen molar-refractivity contribution in [2.24, 2.45) is 46.3 Å². The summed E-state index contributed by atoms with van der Waals surface area (Å²) in [5.41, 5.74) is 0.523. The van der Waals surface area contributed by atoms with E-state index in [9.17, 15) is 15.0 Å². The maximum Gasteiger partial charge on any atom is 0.303 e. The van der Waals surface area contributed by atoms with Crippen LogP contribution in [0.5, 0.6) is 0 Å². The lowest BCUT2D eigenvalue weighted by atomic mass is 9.43. The first-order valence-electron chi connectivity index (χ1n) is 11.7. The van der Waals surface area contributed by atoms with Crippen LogP contribution in [0.4, 0.5) is 0 Å². The molecule has 4 heteroatoms. The van der Waals surface area contributed by atoms with Crippen molar-refractivity contribution in [3.05, 3.63) is 0 Å². The van der Waals surface area contributed by atoms with Gasteiger partial charge in [0.2, 0.25) is 0 Å². The van der Waals surface area contributed by atoms with E-state index < -0.39 is 5.97 Å². The molecule has 4 fully saturated rings. The van der Waals surface area contributed by atoms with E-state index in [1.54, 1.807) is 0 Å². The molecule has 4 saturated carbocycles. The fraction of sp³-hybridized carbons (Fsp3) is 0.958. The average Bonchev–Trinajstić information content (AvgIpc) is 2.98. The average molecular weight is 393 g/mol. The number of carboxylic acids is 1. The molecule has 4 unspecified atom stereocenters. The minimum atomic E-state index is -0.684. The standard InChI is InChI=1S/C24H40O4/c1-14(4-7-21(27)28)17-5-6-18-22-19(9-11-24(17,18)3)23(2)10-8-16(25)12-15(23)13-20(22)26/h14-20,22,25-26H,4-13H2,1-3H3,(H,27,28)/t14-,15?,16-,17?,18+,19+,20?,22+,23+,24?/m1/s1. The van der Waals surface area contributed by atoms with Gasteiger partial charge in [-0.15, -0.1) is 0 Å². The molecule has 0 spiro atoms. The molecule has 0 heterocycles. The number of aliphatic hydroxyl groups is 2. The van der Waals surface area contributed by atoms with Crippen molar-refractivity contribution in [2.45, 2.75) is 97.2 Å². The van der Waals surface area contributed by atoms with Gasteiger partial charge in [0.1, 0.15) is 0 Å². The Hall–Kier alpha value is -0.610. The summed E-state index contributed by atoms with van der Waals surface area (Å²) in [6, 6.07) is 0. The summed E-state index contributed by atoms with van der Waals surface area (Å²) in [6.07, 6.45) is 9.19. The fourth-order valence-electron chi connectivity index (χ4n) is 8.73. The zero-order valence-corrected chi connectivity index (χ0v) is 17.9. The SMILES string of the molecule is C[C@H](CCC(=O)O)C1CC[C@H]2[C@@H]3C(O)CC4C[C@H](O)CC[C@]4(C)[C@H]3CCC12C. The Labute approximate surface area is 170 Å². The van der Waals surface area contributed by atoms with Crippen LogP contribution in [0.25, 0.3) is 0 Å². The van der Waals surface area contributed by atoms with Crippen LogP contribution in [0.1, 0.15) is 85.0 Å². The molecule has 0 aromatic rings. The van der Waals surface area contributed by atoms with Gasteiger partial charge < -0.3 is 15.3 Å². The number of hydrogen-bond acceptors (Lipinski definition) is 3. The van der Waals surface area contributed by atoms with E-state index in [1.807, 2.05) is 0 Å². The Kier molecular flexibility index (Phi) is 5.36. The second kappa shape index (κ2) is 7.27. The molecule has 4 aliphatic rings. The normalized spacial score (nSPS) is 51.7. The molecule has 4 nitrogen and oxygen atoms in total. The number of carboxylic acid groups (broad SMARTS) is 1. The number of rotatable bonds is 4. The van der Waals surface area contributed by atoms with Gasteiger partial charge >= 0.3 is 5.97 Å². The summed E-state index contributed by atoms with van der Waals surface area (Å²) >= 11 is 0. The monoisotopic (exact) mass is 392 g/mol. The highest BCUT2D eigenvalue weighted by Crippen LogP contribution is 2.68. The summed E-state index contributed by atoms with van der Waals surface area (Å²) in [5.74, 6) is 2.36. The number of hydrogen-bond donors (Lipinski definition) is 3. The van der Waals surface area contributed by atoms with Gasteiger partial charge in [0.05, 0.1) is 12.2 Å². The van der Waals surface area contributed by atoms with Gasteiger partial charge in [-0.25, -0.2) is 0 Å². The molecule has 4 aliphatic carbocycles. The lowest BCUT2D eigenvalue weighted by molar-refractivity contribution is -0.174. The Morgan fingerprint density at radius 3 is 2.39 bits per heavy atom. The van der Waals surface area contributed by atoms with Gasteiger partial charge in [0.15, 0.2) is 0 Å². The first-order valence-corrected chi connectivity index (χ1v) is 11.7. The van der Waals surface area contributed by atoms with Crippen LogP contribution < -0.4 is 0 Å². The molecule has 10 atom stereocenters. The molecule has 4 rings (SSSR count). The number of aliphatic hydroxyl groups excluding tert-OH is 2. The molecule has 0 radical (unpaired) electrons. The first-order chi connectivity index (χ1) is 13.2. The van der Waals surface area contributed by atoms with Gasteiger partial charge in [0, 0.05) is 6.42 Å². The second-order valence-electron chi connectivity index (χ2n) is 11.4. The lowest BCUT2D eigenvalue weighted by Crippen LogP contribution is -2.58. The molecule has 28 heavy (non-hydrogen) atoms. The first kappa shape index (κ1) is 20.7. The molecule has 0 aromatic carbocycles. The van der Waals surface area contributed by atoms with Crippen LogP contribution in [0, 0.1) is 46.3 Å². The molecule has 0 aliphatic heterocycles. The maximum absolute atomic E-state index is 11.2. The van der Waals surface area contributed by atoms with Crippen molar-refractivity contribution in [1.82, 2.24) is 0 Å². The third-order valence-electron chi connectivity index (χ3n) is 10.2. The molecule has 160 valence electrons. The molecule has 0 amide bonds. The molecular formula is C24H40O4. The van der Waals surface area contributed by atoms with E-state index >= 15 is 0 Å². The van der Waals surface area contributed by atoms with E-state index in [2.05, 4.69) is 20.8 Å². The minimum Gasteiger partial charge on any atom is -0.481 e. The summed E-state index contributed by atoms with van der Waals surface area (Å²) in [5, 5.41) is 30.5. The van der Waals surface area contributed by atoms with Gasteiger partial charge in [-0.1, -0.05) is 20.8 Å². The zero-order valence-electron chi connectivity index (χ0n) is 17.9. The summed E-state index contributed by atoms with van der Waals surface area (Å²) in [6.45, 7) is 7.16. The van der Waals surface area contributed by atoms with Gasteiger partial charge in [-0.3, -0.25) is 4.79 Å². The third kappa shape index (κ3) is 3.14. The smallest absolute Gasteiger partial charge is 0.303 e. The van der Waals surface area contributed by atoms with Crippen LogP contribution in [0.2, 0.25) is 0 Å². The van der Waals surface area contributed by atoms with Crippen molar-refractivity contribution in [3.8, 4) is 0 Å². The lowest BCUT2D eigenvalue weighted by Gasteiger charge is -2.62. The van der Waals surface area contributed by atoms with E-state index in [-0.39, 0.29) is 29.5 Å². The predicted octanol–water partition coefficient (Wildman–Crippen LogP) is 4.48.